The van der Waals surface area contributed by atoms with E-state index in [1.54, 1.807) is 19.9 Å². The summed E-state index contributed by atoms with van der Waals surface area (Å²) in [6.07, 6.45) is 0.808. The summed E-state index contributed by atoms with van der Waals surface area (Å²) in [4.78, 5) is 12.8. The highest BCUT2D eigenvalue weighted by Crippen LogP contribution is 2.37. The number of benzene rings is 2. The van der Waals surface area contributed by atoms with E-state index in [2.05, 4.69) is 10.0 Å². The lowest BCUT2D eigenvalue weighted by molar-refractivity contribution is 0.102. The molecule has 2 rings (SSSR count). The van der Waals surface area contributed by atoms with Crippen LogP contribution >= 0.6 is 11.6 Å². The number of sulfonamides is 1. The van der Waals surface area contributed by atoms with Crippen LogP contribution in [-0.4, -0.2) is 33.6 Å². The predicted molar refractivity (Wildman–Crippen MR) is 118 cm³/mol. The molecule has 30 heavy (non-hydrogen) atoms. The molecule has 2 aromatic carbocycles. The number of carbonyl (C=O) groups excluding carboxylic acids is 1. The molecule has 2 N–H and O–H groups in total. The van der Waals surface area contributed by atoms with Crippen LogP contribution in [0.25, 0.3) is 0 Å². The van der Waals surface area contributed by atoms with E-state index in [0.29, 0.717) is 36.0 Å². The van der Waals surface area contributed by atoms with E-state index in [-0.39, 0.29) is 16.0 Å². The summed E-state index contributed by atoms with van der Waals surface area (Å²) in [5.41, 5.74) is 0.745. The normalized spacial score (nSPS) is 11.4. The number of amides is 1. The summed E-state index contributed by atoms with van der Waals surface area (Å²) in [5.74, 6) is 0.393. The number of hydrogen-bond donors (Lipinski definition) is 2. The van der Waals surface area contributed by atoms with E-state index in [0.717, 1.165) is 6.42 Å². The van der Waals surface area contributed by atoms with Gasteiger partial charge >= 0.3 is 0 Å². The van der Waals surface area contributed by atoms with Gasteiger partial charge in [-0.2, -0.15) is 0 Å². The van der Waals surface area contributed by atoms with Crippen LogP contribution in [-0.2, 0) is 10.0 Å². The molecule has 7 nitrogen and oxygen atoms in total. The van der Waals surface area contributed by atoms with Gasteiger partial charge in [0.1, 0.15) is 0 Å². The molecular formula is C21H27ClN2O5S. The van der Waals surface area contributed by atoms with Gasteiger partial charge in [-0.05, 0) is 63.6 Å². The highest BCUT2D eigenvalue weighted by molar-refractivity contribution is 7.89. The van der Waals surface area contributed by atoms with E-state index in [9.17, 15) is 13.2 Å². The second-order valence-electron chi connectivity index (χ2n) is 6.82. The van der Waals surface area contributed by atoms with E-state index in [1.165, 1.54) is 30.3 Å². The third-order valence-corrected chi connectivity index (χ3v) is 5.79. The van der Waals surface area contributed by atoms with Gasteiger partial charge in [-0.25, -0.2) is 13.1 Å². The smallest absolute Gasteiger partial charge is 0.255 e. The fourth-order valence-electron chi connectivity index (χ4n) is 2.61. The highest BCUT2D eigenvalue weighted by atomic mass is 35.5. The first-order valence-corrected chi connectivity index (χ1v) is 11.6. The number of hydrogen-bond acceptors (Lipinski definition) is 5. The summed E-state index contributed by atoms with van der Waals surface area (Å²) in [7, 11) is -3.60. The molecule has 164 valence electrons. The summed E-state index contributed by atoms with van der Waals surface area (Å²) >= 11 is 6.31. The van der Waals surface area contributed by atoms with Gasteiger partial charge in [0.05, 0.1) is 23.1 Å². The number of ether oxygens (including phenoxy) is 2. The zero-order valence-electron chi connectivity index (χ0n) is 17.5. The standard InChI is InChI=1S/C21H27ClN2O5S/c1-5-11-29-20-18(22)12-15(13-19(20)28-6-2)21(25)23-16-7-9-17(10-8-16)30(26,27)24-14(3)4/h7-10,12-14,24H,5-6,11H2,1-4H3,(H,23,25). The minimum Gasteiger partial charge on any atom is -0.490 e. The van der Waals surface area contributed by atoms with Crippen LogP contribution in [0, 0.1) is 0 Å². The second-order valence-corrected chi connectivity index (χ2v) is 8.94. The van der Waals surface area contributed by atoms with Crippen LogP contribution in [0.5, 0.6) is 11.5 Å². The van der Waals surface area contributed by atoms with Crippen molar-refractivity contribution in [2.75, 3.05) is 18.5 Å². The molecule has 2 aromatic rings. The van der Waals surface area contributed by atoms with E-state index < -0.39 is 15.9 Å². The van der Waals surface area contributed by atoms with Crippen molar-refractivity contribution in [1.82, 2.24) is 4.72 Å². The van der Waals surface area contributed by atoms with Crippen molar-refractivity contribution in [3.05, 3.63) is 47.0 Å². The van der Waals surface area contributed by atoms with Crippen LogP contribution in [0.15, 0.2) is 41.3 Å². The number of anilines is 1. The number of rotatable bonds is 10. The minimum atomic E-state index is -3.60. The van der Waals surface area contributed by atoms with Gasteiger partial charge in [-0.15, -0.1) is 0 Å². The van der Waals surface area contributed by atoms with Crippen LogP contribution in [0.2, 0.25) is 5.02 Å². The van der Waals surface area contributed by atoms with Crippen molar-refractivity contribution in [1.29, 1.82) is 0 Å². The first kappa shape index (κ1) is 24.0. The molecule has 0 aliphatic heterocycles. The molecule has 1 amide bonds. The van der Waals surface area contributed by atoms with Crippen LogP contribution < -0.4 is 19.5 Å². The molecule has 0 aliphatic rings. The number of nitrogens with one attached hydrogen (secondary N) is 2. The number of carbonyl (C=O) groups is 1. The lowest BCUT2D eigenvalue weighted by Crippen LogP contribution is -2.30. The SMILES string of the molecule is CCCOc1c(Cl)cc(C(=O)Nc2ccc(S(=O)(=O)NC(C)C)cc2)cc1OCC. The van der Waals surface area contributed by atoms with Gasteiger partial charge < -0.3 is 14.8 Å². The van der Waals surface area contributed by atoms with E-state index in [4.69, 9.17) is 21.1 Å². The molecule has 0 unspecified atom stereocenters. The Morgan fingerprint density at radius 1 is 1.10 bits per heavy atom. The number of halogens is 1. The van der Waals surface area contributed by atoms with Crippen molar-refractivity contribution >= 4 is 33.2 Å². The van der Waals surface area contributed by atoms with E-state index in [1.807, 2.05) is 13.8 Å². The first-order valence-electron chi connectivity index (χ1n) is 9.70. The molecule has 0 heterocycles. The van der Waals surface area contributed by atoms with Crippen LogP contribution in [0.3, 0.4) is 0 Å². The first-order chi connectivity index (χ1) is 14.2. The van der Waals surface area contributed by atoms with Gasteiger partial charge in [0.2, 0.25) is 10.0 Å². The summed E-state index contributed by atoms with van der Waals surface area (Å²) < 4.78 is 38.1. The maximum Gasteiger partial charge on any atom is 0.255 e. The summed E-state index contributed by atoms with van der Waals surface area (Å²) in [6, 6.07) is 8.77. The third-order valence-electron chi connectivity index (χ3n) is 3.84. The lowest BCUT2D eigenvalue weighted by Gasteiger charge is -2.15. The Morgan fingerprint density at radius 2 is 1.77 bits per heavy atom. The molecule has 0 saturated heterocycles. The Labute approximate surface area is 182 Å². The van der Waals surface area contributed by atoms with Gasteiger partial charge in [-0.1, -0.05) is 18.5 Å². The fourth-order valence-corrected chi connectivity index (χ4v) is 4.12. The van der Waals surface area contributed by atoms with Gasteiger partial charge in [0, 0.05) is 17.3 Å². The monoisotopic (exact) mass is 454 g/mol. The van der Waals surface area contributed by atoms with Crippen molar-refractivity contribution < 1.29 is 22.7 Å². The Balaban J connectivity index is 2.21. The second kappa shape index (κ2) is 10.7. The molecular weight excluding hydrogens is 428 g/mol. The Bertz CT molecular complexity index is 976. The summed E-state index contributed by atoms with van der Waals surface area (Å²) in [6.45, 7) is 8.16. The average molecular weight is 455 g/mol. The van der Waals surface area contributed by atoms with Crippen molar-refractivity contribution in [3.63, 3.8) is 0 Å². The van der Waals surface area contributed by atoms with E-state index >= 15 is 0 Å². The highest BCUT2D eigenvalue weighted by Gasteiger charge is 2.18. The Hall–Kier alpha value is -2.29. The molecule has 0 aliphatic carbocycles. The van der Waals surface area contributed by atoms with Gasteiger partial charge in [-0.3, -0.25) is 4.79 Å². The fraction of sp³-hybridized carbons (Fsp3) is 0.381. The Morgan fingerprint density at radius 3 is 2.33 bits per heavy atom. The Kier molecular flexibility index (Phi) is 8.52. The van der Waals surface area contributed by atoms with Crippen LogP contribution in [0.4, 0.5) is 5.69 Å². The third kappa shape index (κ3) is 6.35. The minimum absolute atomic E-state index is 0.119. The maximum atomic E-state index is 12.7. The largest absolute Gasteiger partial charge is 0.490 e. The van der Waals surface area contributed by atoms with Crippen LogP contribution in [0.1, 0.15) is 44.5 Å². The molecule has 0 fully saturated rings. The molecule has 9 heteroatoms. The van der Waals surface area contributed by atoms with Gasteiger partial charge in [0.25, 0.3) is 5.91 Å². The lowest BCUT2D eigenvalue weighted by atomic mass is 10.1. The maximum absolute atomic E-state index is 12.7. The molecule has 0 spiro atoms. The quantitative estimate of drug-likeness (QED) is 0.552. The van der Waals surface area contributed by atoms with Gasteiger partial charge in [0.15, 0.2) is 11.5 Å². The predicted octanol–water partition coefficient (Wildman–Crippen LogP) is 4.47. The average Bonchev–Trinajstić information content (AvgIpc) is 2.67. The molecule has 0 saturated carbocycles. The topological polar surface area (TPSA) is 93.7 Å². The molecule has 0 bridgehead atoms. The van der Waals surface area contributed by atoms with Crippen molar-refractivity contribution in [2.45, 2.75) is 45.1 Å². The molecule has 0 atom stereocenters. The van der Waals surface area contributed by atoms with Crippen molar-refractivity contribution in [3.8, 4) is 11.5 Å². The zero-order chi connectivity index (χ0) is 22.3. The molecule has 0 radical (unpaired) electrons. The van der Waals surface area contributed by atoms with Crippen molar-refractivity contribution in [2.24, 2.45) is 0 Å². The summed E-state index contributed by atoms with van der Waals surface area (Å²) in [5, 5.41) is 3.01. The zero-order valence-corrected chi connectivity index (χ0v) is 19.1. The molecule has 0 aromatic heterocycles.